The second-order valence-corrected chi connectivity index (χ2v) is 7.86. The highest BCUT2D eigenvalue weighted by atomic mass is 16.5. The molecule has 0 N–H and O–H groups in total. The van der Waals surface area contributed by atoms with Crippen LogP contribution in [0.1, 0.15) is 5.56 Å². The summed E-state index contributed by atoms with van der Waals surface area (Å²) >= 11 is 0. The predicted molar refractivity (Wildman–Crippen MR) is 129 cm³/mol. The molecular formula is C25H23N7O2. The molecule has 0 aliphatic carbocycles. The molecule has 170 valence electrons. The summed E-state index contributed by atoms with van der Waals surface area (Å²) in [5, 5.41) is 9.89. The fraction of sp³-hybridized carbons (Fsp3) is 0.240. The van der Waals surface area contributed by atoms with Gasteiger partial charge in [-0.05, 0) is 23.8 Å². The first-order chi connectivity index (χ1) is 16.7. The number of rotatable bonds is 5. The fourth-order valence-electron chi connectivity index (χ4n) is 4.11. The molecule has 4 aromatic rings. The molecule has 0 unspecified atom stereocenters. The van der Waals surface area contributed by atoms with Crippen molar-refractivity contribution in [2.24, 2.45) is 0 Å². The number of hydrogen-bond acceptors (Lipinski definition) is 9. The van der Waals surface area contributed by atoms with E-state index < -0.39 is 0 Å². The maximum absolute atomic E-state index is 8.97. The number of anilines is 2. The Hall–Kier alpha value is -4.45. The standard InChI is InChI=1S/C25H23N7O2/c1-33-22-11-20-21(12-23(22)34-2)29-16-30-24(20)31-7-9-32(10-8-31)25-27-14-19(15-28-25)18-5-3-17(13-26)4-6-18/h3-6,11-12,14-16H,7-10H2,1-2H3. The number of aromatic nitrogens is 4. The lowest BCUT2D eigenvalue weighted by Crippen LogP contribution is -2.47. The van der Waals surface area contributed by atoms with Crippen LogP contribution >= 0.6 is 0 Å². The highest BCUT2D eigenvalue weighted by molar-refractivity contribution is 5.92. The molecule has 0 atom stereocenters. The van der Waals surface area contributed by atoms with E-state index in [0.717, 1.165) is 54.0 Å². The lowest BCUT2D eigenvalue weighted by Gasteiger charge is -2.35. The molecule has 0 amide bonds. The zero-order valence-corrected chi connectivity index (χ0v) is 19.0. The van der Waals surface area contributed by atoms with E-state index in [-0.39, 0.29) is 0 Å². The second-order valence-electron chi connectivity index (χ2n) is 7.86. The normalized spacial score (nSPS) is 13.6. The molecule has 9 heteroatoms. The molecule has 1 saturated heterocycles. The van der Waals surface area contributed by atoms with Crippen molar-refractivity contribution in [3.05, 3.63) is 60.7 Å². The van der Waals surface area contributed by atoms with Gasteiger partial charge in [-0.3, -0.25) is 0 Å². The summed E-state index contributed by atoms with van der Waals surface area (Å²) in [7, 11) is 3.24. The van der Waals surface area contributed by atoms with Crippen molar-refractivity contribution in [3.8, 4) is 28.7 Å². The quantitative estimate of drug-likeness (QED) is 0.450. The Morgan fingerprint density at radius 2 is 1.44 bits per heavy atom. The summed E-state index contributed by atoms with van der Waals surface area (Å²) in [5.41, 5.74) is 3.35. The molecule has 1 fully saturated rings. The van der Waals surface area contributed by atoms with Crippen molar-refractivity contribution in [1.29, 1.82) is 5.26 Å². The van der Waals surface area contributed by atoms with Gasteiger partial charge in [0.05, 0.1) is 31.4 Å². The third-order valence-electron chi connectivity index (χ3n) is 5.97. The van der Waals surface area contributed by atoms with Gasteiger partial charge in [0.2, 0.25) is 5.95 Å². The van der Waals surface area contributed by atoms with Gasteiger partial charge in [-0.15, -0.1) is 0 Å². The van der Waals surface area contributed by atoms with Crippen molar-refractivity contribution in [1.82, 2.24) is 19.9 Å². The van der Waals surface area contributed by atoms with Gasteiger partial charge in [0.25, 0.3) is 0 Å². The first-order valence-corrected chi connectivity index (χ1v) is 10.9. The summed E-state index contributed by atoms with van der Waals surface area (Å²) in [6.45, 7) is 3.10. The topological polar surface area (TPSA) is 100 Å². The molecule has 9 nitrogen and oxygen atoms in total. The van der Waals surface area contributed by atoms with Gasteiger partial charge >= 0.3 is 0 Å². The summed E-state index contributed by atoms with van der Waals surface area (Å²) in [4.78, 5) is 22.6. The molecule has 0 spiro atoms. The Kier molecular flexibility index (Phi) is 5.79. The molecule has 0 radical (unpaired) electrons. The van der Waals surface area contributed by atoms with Crippen molar-refractivity contribution in [2.45, 2.75) is 0 Å². The lowest BCUT2D eigenvalue weighted by molar-refractivity contribution is 0.356. The van der Waals surface area contributed by atoms with Gasteiger partial charge in [0.1, 0.15) is 12.1 Å². The van der Waals surface area contributed by atoms with Crippen LogP contribution in [-0.4, -0.2) is 60.3 Å². The molecule has 34 heavy (non-hydrogen) atoms. The summed E-state index contributed by atoms with van der Waals surface area (Å²) in [5.74, 6) is 2.88. The Morgan fingerprint density at radius 1 is 0.794 bits per heavy atom. The Labute approximate surface area is 197 Å². The van der Waals surface area contributed by atoms with Crippen molar-refractivity contribution in [2.75, 3.05) is 50.2 Å². The van der Waals surface area contributed by atoms with Crippen LogP contribution in [0.25, 0.3) is 22.0 Å². The average Bonchev–Trinajstić information content (AvgIpc) is 2.92. The molecule has 0 bridgehead atoms. The van der Waals surface area contributed by atoms with Crippen LogP contribution in [0.15, 0.2) is 55.1 Å². The summed E-state index contributed by atoms with van der Waals surface area (Å²) < 4.78 is 10.9. The fourth-order valence-corrected chi connectivity index (χ4v) is 4.11. The van der Waals surface area contributed by atoms with Gasteiger partial charge in [-0.1, -0.05) is 12.1 Å². The maximum atomic E-state index is 8.97. The SMILES string of the molecule is COc1cc2ncnc(N3CCN(c4ncc(-c5ccc(C#N)cc5)cn4)CC3)c2cc1OC. The molecular weight excluding hydrogens is 430 g/mol. The number of hydrogen-bond donors (Lipinski definition) is 0. The van der Waals surface area contributed by atoms with Crippen LogP contribution in [0.3, 0.4) is 0 Å². The summed E-state index contributed by atoms with van der Waals surface area (Å²) in [6, 6.07) is 13.3. The molecule has 3 heterocycles. The maximum Gasteiger partial charge on any atom is 0.225 e. The molecule has 2 aromatic heterocycles. The third-order valence-corrected chi connectivity index (χ3v) is 5.97. The van der Waals surface area contributed by atoms with E-state index in [9.17, 15) is 0 Å². The van der Waals surface area contributed by atoms with Gasteiger partial charge in [-0.2, -0.15) is 5.26 Å². The van der Waals surface area contributed by atoms with Crippen LogP contribution in [0.2, 0.25) is 0 Å². The number of nitrogens with zero attached hydrogens (tertiary/aromatic N) is 7. The number of piperazine rings is 1. The van der Waals surface area contributed by atoms with Gasteiger partial charge in [0.15, 0.2) is 11.5 Å². The van der Waals surface area contributed by atoms with Crippen LogP contribution in [-0.2, 0) is 0 Å². The first-order valence-electron chi connectivity index (χ1n) is 10.9. The second kappa shape index (κ2) is 9.19. The van der Waals surface area contributed by atoms with E-state index in [2.05, 4.69) is 35.8 Å². The van der Waals surface area contributed by atoms with Crippen LogP contribution < -0.4 is 19.3 Å². The molecule has 0 saturated carbocycles. The van der Waals surface area contributed by atoms with Crippen molar-refractivity contribution in [3.63, 3.8) is 0 Å². The lowest BCUT2D eigenvalue weighted by atomic mass is 10.1. The minimum Gasteiger partial charge on any atom is -0.493 e. The Balaban J connectivity index is 1.31. The highest BCUT2D eigenvalue weighted by Crippen LogP contribution is 2.35. The van der Waals surface area contributed by atoms with Crippen LogP contribution in [0, 0.1) is 11.3 Å². The van der Waals surface area contributed by atoms with E-state index in [1.54, 1.807) is 32.7 Å². The molecule has 1 aliphatic rings. The average molecular weight is 454 g/mol. The van der Waals surface area contributed by atoms with Crippen molar-refractivity contribution >= 4 is 22.7 Å². The van der Waals surface area contributed by atoms with Crippen LogP contribution in [0.4, 0.5) is 11.8 Å². The zero-order chi connectivity index (χ0) is 23.5. The van der Waals surface area contributed by atoms with Gasteiger partial charge in [-0.25, -0.2) is 19.9 Å². The number of fused-ring (bicyclic) bond motifs is 1. The number of ether oxygens (including phenoxy) is 2. The van der Waals surface area contributed by atoms with E-state index in [1.165, 1.54) is 0 Å². The first kappa shape index (κ1) is 21.4. The van der Waals surface area contributed by atoms with E-state index in [0.29, 0.717) is 23.0 Å². The zero-order valence-electron chi connectivity index (χ0n) is 19.0. The van der Waals surface area contributed by atoms with Crippen LogP contribution in [0.5, 0.6) is 11.5 Å². The Morgan fingerprint density at radius 3 is 2.09 bits per heavy atom. The van der Waals surface area contributed by atoms with Crippen molar-refractivity contribution < 1.29 is 9.47 Å². The van der Waals surface area contributed by atoms with E-state index in [4.69, 9.17) is 14.7 Å². The third kappa shape index (κ3) is 4.01. The molecule has 5 rings (SSSR count). The molecule has 2 aromatic carbocycles. The van der Waals surface area contributed by atoms with E-state index >= 15 is 0 Å². The smallest absolute Gasteiger partial charge is 0.225 e. The Bertz CT molecular complexity index is 1340. The minimum absolute atomic E-state index is 0.633. The molecule has 1 aliphatic heterocycles. The number of nitriles is 1. The minimum atomic E-state index is 0.633. The largest absolute Gasteiger partial charge is 0.493 e. The number of benzene rings is 2. The highest BCUT2D eigenvalue weighted by Gasteiger charge is 2.22. The summed E-state index contributed by atoms with van der Waals surface area (Å²) in [6.07, 6.45) is 5.24. The van der Waals surface area contributed by atoms with E-state index in [1.807, 2.05) is 36.7 Å². The van der Waals surface area contributed by atoms with Gasteiger partial charge in [0, 0.05) is 55.6 Å². The predicted octanol–water partition coefficient (Wildman–Crippen LogP) is 3.30. The monoisotopic (exact) mass is 453 g/mol. The number of methoxy groups -OCH3 is 2. The van der Waals surface area contributed by atoms with Gasteiger partial charge < -0.3 is 19.3 Å².